The van der Waals surface area contributed by atoms with Gasteiger partial charge in [0.25, 0.3) is 5.91 Å². The first-order valence-electron chi connectivity index (χ1n) is 10.2. The van der Waals surface area contributed by atoms with Crippen LogP contribution >= 0.6 is 0 Å². The predicted octanol–water partition coefficient (Wildman–Crippen LogP) is 1.75. The minimum atomic E-state index is -0.659. The molecule has 0 radical (unpaired) electrons. The van der Waals surface area contributed by atoms with Crippen LogP contribution in [-0.4, -0.2) is 46.2 Å². The molecule has 4 heterocycles. The van der Waals surface area contributed by atoms with Crippen molar-refractivity contribution < 1.29 is 19.2 Å². The van der Waals surface area contributed by atoms with E-state index in [0.717, 1.165) is 28.9 Å². The summed E-state index contributed by atoms with van der Waals surface area (Å²) in [6.45, 7) is 2.74. The number of anilines is 2. The van der Waals surface area contributed by atoms with Gasteiger partial charge in [-0.05, 0) is 55.2 Å². The van der Waals surface area contributed by atoms with Gasteiger partial charge in [-0.2, -0.15) is 0 Å². The number of pyridine rings is 1. The lowest BCUT2D eigenvalue weighted by molar-refractivity contribution is -0.136. The van der Waals surface area contributed by atoms with Crippen LogP contribution in [-0.2, 0) is 22.6 Å². The van der Waals surface area contributed by atoms with Gasteiger partial charge in [-0.25, -0.2) is 4.79 Å². The summed E-state index contributed by atoms with van der Waals surface area (Å²) < 4.78 is 0. The first-order chi connectivity index (χ1) is 14.9. The molecule has 3 aliphatic rings. The van der Waals surface area contributed by atoms with E-state index in [4.69, 9.17) is 0 Å². The standard InChI is InChI=1S/C22H21N5O4/c1-12-8-18-13(10-23-12)6-7-26(18)22(31)24-15-2-3-16-14(9-15)11-27(21(16)30)17-4-5-19(28)25-20(17)29/h2-3,8-10,17H,4-7,11H2,1H3,(H,24,31)(H,25,28,29). The largest absolute Gasteiger partial charge is 0.326 e. The molecule has 1 atom stereocenters. The lowest BCUT2D eigenvalue weighted by atomic mass is 10.0. The molecule has 9 nitrogen and oxygen atoms in total. The lowest BCUT2D eigenvalue weighted by Crippen LogP contribution is -2.52. The van der Waals surface area contributed by atoms with E-state index in [9.17, 15) is 19.2 Å². The van der Waals surface area contributed by atoms with Crippen LogP contribution in [0, 0.1) is 6.92 Å². The molecule has 1 unspecified atom stereocenters. The average Bonchev–Trinajstić information content (AvgIpc) is 3.29. The fourth-order valence-electron chi connectivity index (χ4n) is 4.42. The molecular weight excluding hydrogens is 398 g/mol. The normalized spacial score (nSPS) is 19.9. The number of imide groups is 1. The number of carbonyl (C=O) groups excluding carboxylic acids is 4. The SMILES string of the molecule is Cc1cc2c(cn1)CCN2C(=O)Nc1ccc2c(c1)CN(C1CCC(=O)NC1=O)C2=O. The number of rotatable bonds is 2. The van der Waals surface area contributed by atoms with Gasteiger partial charge < -0.3 is 10.2 Å². The highest BCUT2D eigenvalue weighted by Gasteiger charge is 2.39. The predicted molar refractivity (Wildman–Crippen MR) is 112 cm³/mol. The van der Waals surface area contributed by atoms with E-state index in [1.165, 1.54) is 4.90 Å². The number of fused-ring (bicyclic) bond motifs is 2. The van der Waals surface area contributed by atoms with Crippen molar-refractivity contribution in [2.45, 2.75) is 38.8 Å². The number of hydrogen-bond donors (Lipinski definition) is 2. The molecule has 5 rings (SSSR count). The molecule has 31 heavy (non-hydrogen) atoms. The zero-order valence-corrected chi connectivity index (χ0v) is 17.0. The Bertz CT molecular complexity index is 1140. The highest BCUT2D eigenvalue weighted by atomic mass is 16.2. The Morgan fingerprint density at radius 2 is 2.00 bits per heavy atom. The molecule has 0 aliphatic carbocycles. The van der Waals surface area contributed by atoms with Gasteiger partial charge in [-0.1, -0.05) is 0 Å². The summed E-state index contributed by atoms with van der Waals surface area (Å²) in [5, 5.41) is 5.21. The molecule has 5 amide bonds. The zero-order chi connectivity index (χ0) is 21.7. The molecular formula is C22H21N5O4. The second kappa shape index (κ2) is 7.19. The maximum atomic E-state index is 12.9. The first kappa shape index (κ1) is 19.2. The van der Waals surface area contributed by atoms with Crippen LogP contribution in [0.2, 0.25) is 0 Å². The Balaban J connectivity index is 1.32. The number of hydrogen-bond acceptors (Lipinski definition) is 5. The van der Waals surface area contributed by atoms with Crippen LogP contribution in [0.1, 0.15) is 40.0 Å². The molecule has 0 saturated carbocycles. The van der Waals surface area contributed by atoms with Crippen molar-refractivity contribution in [1.29, 1.82) is 0 Å². The third kappa shape index (κ3) is 3.31. The van der Waals surface area contributed by atoms with Crippen LogP contribution in [0.5, 0.6) is 0 Å². The molecule has 158 valence electrons. The molecule has 1 fully saturated rings. The number of aryl methyl sites for hydroxylation is 1. The summed E-state index contributed by atoms with van der Waals surface area (Å²) in [5.74, 6) is -0.993. The van der Waals surface area contributed by atoms with Gasteiger partial charge in [0.05, 0.1) is 5.69 Å². The number of aromatic nitrogens is 1. The quantitative estimate of drug-likeness (QED) is 0.721. The van der Waals surface area contributed by atoms with Gasteiger partial charge in [0.15, 0.2) is 0 Å². The monoisotopic (exact) mass is 419 g/mol. The lowest BCUT2D eigenvalue weighted by Gasteiger charge is -2.29. The van der Waals surface area contributed by atoms with Gasteiger partial charge >= 0.3 is 6.03 Å². The minimum Gasteiger partial charge on any atom is -0.322 e. The molecule has 2 N–H and O–H groups in total. The number of piperidine rings is 1. The smallest absolute Gasteiger partial charge is 0.322 e. The molecule has 0 spiro atoms. The number of amides is 5. The molecule has 1 aromatic heterocycles. The van der Waals surface area contributed by atoms with E-state index in [1.54, 1.807) is 23.1 Å². The summed E-state index contributed by atoms with van der Waals surface area (Å²) in [7, 11) is 0. The van der Waals surface area contributed by atoms with E-state index in [-0.39, 0.29) is 30.8 Å². The Morgan fingerprint density at radius 1 is 1.16 bits per heavy atom. The van der Waals surface area contributed by atoms with Crippen molar-refractivity contribution in [3.05, 3.63) is 52.8 Å². The van der Waals surface area contributed by atoms with Gasteiger partial charge in [-0.3, -0.25) is 29.6 Å². The van der Waals surface area contributed by atoms with Crippen molar-refractivity contribution in [2.24, 2.45) is 0 Å². The summed E-state index contributed by atoms with van der Waals surface area (Å²) in [5.41, 5.74) is 4.60. The zero-order valence-electron chi connectivity index (χ0n) is 17.0. The van der Waals surface area contributed by atoms with Crippen molar-refractivity contribution in [3.8, 4) is 0 Å². The minimum absolute atomic E-state index is 0.212. The number of carbonyl (C=O) groups is 4. The van der Waals surface area contributed by atoms with Crippen molar-refractivity contribution >= 4 is 35.1 Å². The van der Waals surface area contributed by atoms with Gasteiger partial charge in [0, 0.05) is 42.7 Å². The van der Waals surface area contributed by atoms with Gasteiger partial charge in [0.2, 0.25) is 11.8 Å². The number of benzene rings is 1. The van der Waals surface area contributed by atoms with Crippen molar-refractivity contribution in [3.63, 3.8) is 0 Å². The van der Waals surface area contributed by atoms with Crippen molar-refractivity contribution in [1.82, 2.24) is 15.2 Å². The summed E-state index contributed by atoms with van der Waals surface area (Å²) in [6, 6.07) is 6.14. The van der Waals surface area contributed by atoms with Gasteiger partial charge in [-0.15, -0.1) is 0 Å². The van der Waals surface area contributed by atoms with E-state index in [1.807, 2.05) is 19.2 Å². The maximum Gasteiger partial charge on any atom is 0.326 e. The van der Waals surface area contributed by atoms with Gasteiger partial charge in [0.1, 0.15) is 6.04 Å². The number of urea groups is 1. The topological polar surface area (TPSA) is 112 Å². The van der Waals surface area contributed by atoms with Crippen LogP contribution in [0.3, 0.4) is 0 Å². The Morgan fingerprint density at radius 3 is 2.81 bits per heavy atom. The third-order valence-corrected chi connectivity index (χ3v) is 6.01. The Labute approximate surface area is 178 Å². The van der Waals surface area contributed by atoms with Crippen LogP contribution in [0.4, 0.5) is 16.2 Å². The van der Waals surface area contributed by atoms with Crippen LogP contribution in [0.25, 0.3) is 0 Å². The Kier molecular flexibility index (Phi) is 4.46. The van der Waals surface area contributed by atoms with E-state index in [0.29, 0.717) is 24.2 Å². The second-order valence-corrected chi connectivity index (χ2v) is 8.06. The number of nitrogens with zero attached hydrogens (tertiary/aromatic N) is 3. The van der Waals surface area contributed by atoms with Crippen molar-refractivity contribution in [2.75, 3.05) is 16.8 Å². The molecule has 2 aromatic rings. The van der Waals surface area contributed by atoms with Crippen LogP contribution in [0.15, 0.2) is 30.5 Å². The molecule has 0 bridgehead atoms. The summed E-state index contributed by atoms with van der Waals surface area (Å²) >= 11 is 0. The number of nitrogens with one attached hydrogen (secondary N) is 2. The molecule has 1 aromatic carbocycles. The highest BCUT2D eigenvalue weighted by molar-refractivity contribution is 6.06. The fraction of sp³-hybridized carbons (Fsp3) is 0.318. The average molecular weight is 419 g/mol. The van der Waals surface area contributed by atoms with Crippen LogP contribution < -0.4 is 15.5 Å². The first-order valence-corrected chi connectivity index (χ1v) is 10.2. The molecule has 3 aliphatic heterocycles. The summed E-state index contributed by atoms with van der Waals surface area (Å²) in [6.07, 6.45) is 3.10. The summed E-state index contributed by atoms with van der Waals surface area (Å²) in [4.78, 5) is 56.7. The second-order valence-electron chi connectivity index (χ2n) is 8.06. The molecule has 9 heteroatoms. The third-order valence-electron chi connectivity index (χ3n) is 6.01. The molecule has 1 saturated heterocycles. The fourth-order valence-corrected chi connectivity index (χ4v) is 4.42. The van der Waals surface area contributed by atoms with E-state index >= 15 is 0 Å². The Hall–Kier alpha value is -3.75. The van der Waals surface area contributed by atoms with E-state index in [2.05, 4.69) is 15.6 Å². The van der Waals surface area contributed by atoms with E-state index < -0.39 is 11.9 Å². The highest BCUT2D eigenvalue weighted by Crippen LogP contribution is 2.31. The maximum absolute atomic E-state index is 12.9.